The smallest absolute Gasteiger partial charge is 0.260 e. The maximum Gasteiger partial charge on any atom is 0.260 e. The van der Waals surface area contributed by atoms with Crippen molar-refractivity contribution in [2.24, 2.45) is 0 Å². The lowest BCUT2D eigenvalue weighted by atomic mass is 10.3. The van der Waals surface area contributed by atoms with E-state index in [9.17, 15) is 4.79 Å². The highest BCUT2D eigenvalue weighted by atomic mass is 16.3. The first kappa shape index (κ1) is 11.9. The molecule has 5 nitrogen and oxygen atoms in total. The third kappa shape index (κ3) is 2.97. The molecular weight excluding hydrogens is 232 g/mol. The van der Waals surface area contributed by atoms with Crippen LogP contribution >= 0.6 is 0 Å². The summed E-state index contributed by atoms with van der Waals surface area (Å²) >= 11 is 0. The molecule has 0 aliphatic rings. The number of carbonyl (C=O) groups is 1. The van der Waals surface area contributed by atoms with Gasteiger partial charge < -0.3 is 14.8 Å². The van der Waals surface area contributed by atoms with E-state index in [1.165, 1.54) is 12.5 Å². The second-order valence-electron chi connectivity index (χ2n) is 3.33. The van der Waals surface area contributed by atoms with Crippen LogP contribution in [0.4, 0.5) is 5.82 Å². The minimum absolute atomic E-state index is 0.229. The topological polar surface area (TPSA) is 75.4 Å². The number of aliphatic hydroxyl groups excluding tert-OH is 1. The van der Waals surface area contributed by atoms with Gasteiger partial charge in [-0.05, 0) is 24.1 Å². The molecule has 5 heteroatoms. The fraction of sp³-hybridized carbons (Fsp3) is 0.0769. The zero-order valence-corrected chi connectivity index (χ0v) is 9.38. The summed E-state index contributed by atoms with van der Waals surface area (Å²) in [6, 6.07) is 6.63. The summed E-state index contributed by atoms with van der Waals surface area (Å²) in [6.07, 6.45) is 2.77. The first-order valence-electron chi connectivity index (χ1n) is 5.20. The highest BCUT2D eigenvalue weighted by Gasteiger charge is 2.07. The molecule has 0 atom stereocenters. The molecule has 2 N–H and O–H groups in total. The molecule has 2 heterocycles. The van der Waals surface area contributed by atoms with Crippen molar-refractivity contribution in [1.29, 1.82) is 0 Å². The minimum Gasteiger partial charge on any atom is -0.472 e. The van der Waals surface area contributed by atoms with E-state index in [0.717, 1.165) is 0 Å². The van der Waals surface area contributed by atoms with Crippen molar-refractivity contribution < 1.29 is 14.3 Å². The largest absolute Gasteiger partial charge is 0.472 e. The van der Waals surface area contributed by atoms with E-state index in [0.29, 0.717) is 17.1 Å². The molecule has 0 spiro atoms. The summed E-state index contributed by atoms with van der Waals surface area (Å²) in [4.78, 5) is 15.8. The molecule has 18 heavy (non-hydrogen) atoms. The van der Waals surface area contributed by atoms with Crippen molar-refractivity contribution >= 4 is 11.7 Å². The predicted molar refractivity (Wildman–Crippen MR) is 64.9 cm³/mol. The van der Waals surface area contributed by atoms with Crippen LogP contribution in [0.3, 0.4) is 0 Å². The first-order valence-corrected chi connectivity index (χ1v) is 5.20. The highest BCUT2D eigenvalue weighted by molar-refractivity contribution is 6.03. The highest BCUT2D eigenvalue weighted by Crippen LogP contribution is 2.07. The number of hydrogen-bond acceptors (Lipinski definition) is 4. The Bertz CT molecular complexity index is 594. The molecule has 0 saturated heterocycles. The Balaban J connectivity index is 2.12. The number of anilines is 1. The number of aliphatic hydroxyl groups is 1. The maximum absolute atomic E-state index is 11.7. The number of nitrogens with one attached hydrogen (secondary N) is 1. The van der Waals surface area contributed by atoms with Crippen molar-refractivity contribution in [2.75, 3.05) is 11.9 Å². The Morgan fingerprint density at radius 1 is 1.44 bits per heavy atom. The molecule has 0 saturated carbocycles. The second-order valence-corrected chi connectivity index (χ2v) is 3.33. The van der Waals surface area contributed by atoms with Crippen LogP contribution in [0.2, 0.25) is 0 Å². The van der Waals surface area contributed by atoms with E-state index < -0.39 is 0 Å². The van der Waals surface area contributed by atoms with Gasteiger partial charge in [-0.15, -0.1) is 0 Å². The van der Waals surface area contributed by atoms with Crippen molar-refractivity contribution in [3.63, 3.8) is 0 Å². The minimum atomic E-state index is -0.302. The van der Waals surface area contributed by atoms with Gasteiger partial charge in [-0.1, -0.05) is 12.0 Å². The number of amides is 1. The van der Waals surface area contributed by atoms with Gasteiger partial charge in [-0.3, -0.25) is 4.79 Å². The number of pyridine rings is 1. The van der Waals surface area contributed by atoms with Crippen molar-refractivity contribution in [2.45, 2.75) is 0 Å². The van der Waals surface area contributed by atoms with Crippen LogP contribution in [0.1, 0.15) is 16.1 Å². The molecule has 1 amide bonds. The molecular formula is C13H10N2O3. The fourth-order valence-electron chi connectivity index (χ4n) is 1.29. The van der Waals surface area contributed by atoms with Crippen LogP contribution < -0.4 is 5.32 Å². The van der Waals surface area contributed by atoms with Gasteiger partial charge in [-0.25, -0.2) is 4.98 Å². The van der Waals surface area contributed by atoms with Crippen LogP contribution in [0.15, 0.2) is 41.2 Å². The summed E-state index contributed by atoms with van der Waals surface area (Å²) < 4.78 is 4.82. The number of hydrogen-bond donors (Lipinski definition) is 2. The molecule has 2 aromatic rings. The van der Waals surface area contributed by atoms with Crippen LogP contribution in [0, 0.1) is 11.8 Å². The van der Waals surface area contributed by atoms with E-state index in [-0.39, 0.29) is 12.5 Å². The van der Waals surface area contributed by atoms with Gasteiger partial charge in [0.15, 0.2) is 0 Å². The van der Waals surface area contributed by atoms with E-state index in [1.807, 2.05) is 0 Å². The fourth-order valence-corrected chi connectivity index (χ4v) is 1.29. The molecule has 0 radical (unpaired) electrons. The van der Waals surface area contributed by atoms with E-state index >= 15 is 0 Å². The van der Waals surface area contributed by atoms with Crippen LogP contribution in [0.5, 0.6) is 0 Å². The van der Waals surface area contributed by atoms with Gasteiger partial charge in [0.2, 0.25) is 0 Å². The number of rotatable bonds is 2. The Morgan fingerprint density at radius 3 is 3.06 bits per heavy atom. The predicted octanol–water partition coefficient (Wildman–Crippen LogP) is 1.27. The number of furan rings is 1. The van der Waals surface area contributed by atoms with Crippen LogP contribution in [-0.2, 0) is 0 Å². The lowest BCUT2D eigenvalue weighted by Gasteiger charge is -2.02. The molecule has 2 rings (SSSR count). The quantitative estimate of drug-likeness (QED) is 0.778. The second kappa shape index (κ2) is 5.66. The van der Waals surface area contributed by atoms with Gasteiger partial charge in [0.25, 0.3) is 5.91 Å². The summed E-state index contributed by atoms with van der Waals surface area (Å²) in [5.74, 6) is 5.24. The third-order valence-electron chi connectivity index (χ3n) is 2.07. The Hall–Kier alpha value is -2.58. The Morgan fingerprint density at radius 2 is 2.33 bits per heavy atom. The number of nitrogens with zero attached hydrogens (tertiary/aromatic N) is 1. The zero-order chi connectivity index (χ0) is 12.8. The van der Waals surface area contributed by atoms with Crippen molar-refractivity contribution in [1.82, 2.24) is 4.98 Å². The maximum atomic E-state index is 11.7. The molecule has 0 aliphatic carbocycles. The number of carbonyl (C=O) groups excluding carboxylic acids is 1. The molecule has 2 aromatic heterocycles. The third-order valence-corrected chi connectivity index (χ3v) is 2.07. The number of aromatic nitrogens is 1. The van der Waals surface area contributed by atoms with Gasteiger partial charge >= 0.3 is 0 Å². The van der Waals surface area contributed by atoms with Crippen molar-refractivity contribution in [3.8, 4) is 11.8 Å². The summed E-state index contributed by atoms with van der Waals surface area (Å²) in [5.41, 5.74) is 0.901. The van der Waals surface area contributed by atoms with Gasteiger partial charge in [0, 0.05) is 0 Å². The molecule has 0 aliphatic heterocycles. The molecule has 0 aromatic carbocycles. The molecule has 0 bridgehead atoms. The van der Waals surface area contributed by atoms with Crippen LogP contribution in [0.25, 0.3) is 0 Å². The normalized spacial score (nSPS) is 9.39. The van der Waals surface area contributed by atoms with Gasteiger partial charge in [0.1, 0.15) is 24.4 Å². The Kier molecular flexibility index (Phi) is 3.74. The van der Waals surface area contributed by atoms with Crippen LogP contribution in [-0.4, -0.2) is 22.6 Å². The SMILES string of the molecule is O=C(Nc1cccc(C#CCO)n1)c1ccoc1. The molecule has 0 fully saturated rings. The average Bonchev–Trinajstić information content (AvgIpc) is 2.91. The molecule has 90 valence electrons. The summed E-state index contributed by atoms with van der Waals surface area (Å²) in [5, 5.41) is 11.2. The first-order chi connectivity index (χ1) is 8.79. The summed E-state index contributed by atoms with van der Waals surface area (Å²) in [7, 11) is 0. The average molecular weight is 242 g/mol. The van der Waals surface area contributed by atoms with Gasteiger partial charge in [0.05, 0.1) is 11.8 Å². The summed E-state index contributed by atoms with van der Waals surface area (Å²) in [6.45, 7) is -0.229. The Labute approximate surface area is 103 Å². The van der Waals surface area contributed by atoms with E-state index in [1.54, 1.807) is 24.3 Å². The standard InChI is InChI=1S/C13H10N2O3/c16-7-2-4-11-3-1-5-12(14-11)15-13(17)10-6-8-18-9-10/h1,3,5-6,8-9,16H,7H2,(H,14,15,17). The van der Waals surface area contributed by atoms with E-state index in [2.05, 4.69) is 22.1 Å². The molecule has 0 unspecified atom stereocenters. The zero-order valence-electron chi connectivity index (χ0n) is 9.38. The lowest BCUT2D eigenvalue weighted by molar-refractivity contribution is 0.102. The van der Waals surface area contributed by atoms with Gasteiger partial charge in [-0.2, -0.15) is 0 Å². The lowest BCUT2D eigenvalue weighted by Crippen LogP contribution is -2.12. The monoisotopic (exact) mass is 242 g/mol. The van der Waals surface area contributed by atoms with Crippen molar-refractivity contribution in [3.05, 3.63) is 48.0 Å². The van der Waals surface area contributed by atoms with E-state index in [4.69, 9.17) is 9.52 Å².